The molecule has 1 atom stereocenters. The van der Waals surface area contributed by atoms with Gasteiger partial charge in [0.1, 0.15) is 17.6 Å². The SMILES string of the molecule is CCC(Cc1cc(OC)c(CCCCCF)cc1OC)OC(N)=O. The van der Waals surface area contributed by atoms with Crippen LogP contribution in [-0.2, 0) is 17.6 Å². The van der Waals surface area contributed by atoms with Crippen LogP contribution in [0.4, 0.5) is 9.18 Å². The maximum Gasteiger partial charge on any atom is 0.404 e. The number of primary amides is 1. The molecule has 1 aromatic carbocycles. The van der Waals surface area contributed by atoms with Gasteiger partial charge in [-0.3, -0.25) is 4.39 Å². The predicted octanol–water partition coefficient (Wildman–Crippen LogP) is 3.80. The first-order valence-corrected chi connectivity index (χ1v) is 8.31. The second-order valence-corrected chi connectivity index (χ2v) is 5.65. The third kappa shape index (κ3) is 6.26. The van der Waals surface area contributed by atoms with Gasteiger partial charge in [-0.1, -0.05) is 13.3 Å². The fourth-order valence-corrected chi connectivity index (χ4v) is 2.64. The van der Waals surface area contributed by atoms with Crippen LogP contribution in [0.5, 0.6) is 11.5 Å². The third-order valence-electron chi connectivity index (χ3n) is 3.95. The summed E-state index contributed by atoms with van der Waals surface area (Å²) in [5.74, 6) is 1.49. The molecule has 0 aromatic heterocycles. The number of ether oxygens (including phenoxy) is 3. The first kappa shape index (κ1) is 20.1. The van der Waals surface area contributed by atoms with Crippen molar-refractivity contribution in [2.45, 2.75) is 51.6 Å². The van der Waals surface area contributed by atoms with E-state index in [0.717, 1.165) is 41.9 Å². The van der Waals surface area contributed by atoms with Crippen LogP contribution in [0, 0.1) is 0 Å². The van der Waals surface area contributed by atoms with E-state index in [1.165, 1.54) is 0 Å². The normalized spacial score (nSPS) is 11.8. The molecule has 0 aliphatic heterocycles. The van der Waals surface area contributed by atoms with Crippen molar-refractivity contribution in [2.24, 2.45) is 5.73 Å². The minimum Gasteiger partial charge on any atom is -0.496 e. The zero-order valence-corrected chi connectivity index (χ0v) is 14.8. The number of benzene rings is 1. The second kappa shape index (κ2) is 10.7. The molecule has 0 radical (unpaired) electrons. The highest BCUT2D eigenvalue weighted by Crippen LogP contribution is 2.31. The monoisotopic (exact) mass is 341 g/mol. The van der Waals surface area contributed by atoms with Crippen molar-refractivity contribution in [2.75, 3.05) is 20.9 Å². The Kier molecular flexibility index (Phi) is 8.97. The van der Waals surface area contributed by atoms with Crippen molar-refractivity contribution in [3.63, 3.8) is 0 Å². The first-order chi connectivity index (χ1) is 11.5. The molecule has 0 saturated heterocycles. The van der Waals surface area contributed by atoms with Crippen molar-refractivity contribution in [1.29, 1.82) is 0 Å². The molecule has 1 amide bonds. The number of carbonyl (C=O) groups is 1. The van der Waals surface area contributed by atoms with E-state index in [-0.39, 0.29) is 12.8 Å². The average molecular weight is 341 g/mol. The maximum absolute atomic E-state index is 12.2. The number of rotatable bonds is 11. The average Bonchev–Trinajstić information content (AvgIpc) is 2.57. The smallest absolute Gasteiger partial charge is 0.404 e. The van der Waals surface area contributed by atoms with Crippen molar-refractivity contribution >= 4 is 6.09 Å². The Morgan fingerprint density at radius 2 is 1.75 bits per heavy atom. The summed E-state index contributed by atoms with van der Waals surface area (Å²) in [5.41, 5.74) is 7.04. The molecule has 1 aromatic rings. The summed E-state index contributed by atoms with van der Waals surface area (Å²) >= 11 is 0. The number of unbranched alkanes of at least 4 members (excludes halogenated alkanes) is 2. The molecule has 136 valence electrons. The zero-order valence-electron chi connectivity index (χ0n) is 14.8. The van der Waals surface area contributed by atoms with Crippen LogP contribution in [0.25, 0.3) is 0 Å². The number of methoxy groups -OCH3 is 2. The van der Waals surface area contributed by atoms with E-state index >= 15 is 0 Å². The summed E-state index contributed by atoms with van der Waals surface area (Å²) in [6, 6.07) is 3.86. The summed E-state index contributed by atoms with van der Waals surface area (Å²) in [6.07, 6.45) is 3.18. The van der Waals surface area contributed by atoms with E-state index in [4.69, 9.17) is 19.9 Å². The Morgan fingerprint density at radius 3 is 2.29 bits per heavy atom. The highest BCUT2D eigenvalue weighted by Gasteiger charge is 2.17. The van der Waals surface area contributed by atoms with Crippen LogP contribution in [0.3, 0.4) is 0 Å². The van der Waals surface area contributed by atoms with Crippen LogP contribution < -0.4 is 15.2 Å². The molecular weight excluding hydrogens is 313 g/mol. The number of hydrogen-bond acceptors (Lipinski definition) is 4. The van der Waals surface area contributed by atoms with Crippen LogP contribution in [0.1, 0.15) is 43.7 Å². The minimum absolute atomic E-state index is 0.280. The van der Waals surface area contributed by atoms with Gasteiger partial charge >= 0.3 is 6.09 Å². The summed E-state index contributed by atoms with van der Waals surface area (Å²) in [6.45, 7) is 1.65. The molecule has 1 unspecified atom stereocenters. The Morgan fingerprint density at radius 1 is 1.12 bits per heavy atom. The van der Waals surface area contributed by atoms with Crippen LogP contribution in [-0.4, -0.2) is 33.1 Å². The van der Waals surface area contributed by atoms with Gasteiger partial charge in [0.05, 0.1) is 20.9 Å². The molecule has 0 spiro atoms. The Balaban J connectivity index is 2.94. The standard InChI is InChI=1S/C18H28FNO4/c1-4-15(24-18(20)21)10-14-12-16(22-2)13(11-17(14)23-3)8-6-5-7-9-19/h11-12,15H,4-10H2,1-3H3,(H2,20,21). The molecular formula is C18H28FNO4. The maximum atomic E-state index is 12.2. The van der Waals surface area contributed by atoms with Gasteiger partial charge in [-0.25, -0.2) is 4.79 Å². The van der Waals surface area contributed by atoms with Crippen LogP contribution in [0.2, 0.25) is 0 Å². The van der Waals surface area contributed by atoms with E-state index in [0.29, 0.717) is 19.3 Å². The van der Waals surface area contributed by atoms with Gasteiger partial charge in [0.25, 0.3) is 0 Å². The number of hydrogen-bond donors (Lipinski definition) is 1. The lowest BCUT2D eigenvalue weighted by Crippen LogP contribution is -2.24. The van der Waals surface area contributed by atoms with E-state index in [1.807, 2.05) is 19.1 Å². The molecule has 0 fully saturated rings. The number of amides is 1. The topological polar surface area (TPSA) is 70.8 Å². The second-order valence-electron chi connectivity index (χ2n) is 5.65. The lowest BCUT2D eigenvalue weighted by Gasteiger charge is -2.19. The number of aryl methyl sites for hydroxylation is 1. The van der Waals surface area contributed by atoms with Gasteiger partial charge in [0, 0.05) is 12.0 Å². The van der Waals surface area contributed by atoms with Crippen molar-refractivity contribution in [1.82, 2.24) is 0 Å². The molecule has 6 heteroatoms. The zero-order chi connectivity index (χ0) is 17.9. The molecule has 5 nitrogen and oxygen atoms in total. The number of nitrogens with two attached hydrogens (primary N) is 1. The number of carbonyl (C=O) groups excluding carboxylic acids is 1. The highest BCUT2D eigenvalue weighted by molar-refractivity contribution is 5.64. The van der Waals surface area contributed by atoms with Crippen molar-refractivity contribution in [3.05, 3.63) is 23.3 Å². The highest BCUT2D eigenvalue weighted by atomic mass is 19.1. The molecule has 0 heterocycles. The molecule has 0 aliphatic carbocycles. The van der Waals surface area contributed by atoms with Gasteiger partial charge < -0.3 is 19.9 Å². The summed E-state index contributed by atoms with van der Waals surface area (Å²) in [4.78, 5) is 11.0. The van der Waals surface area contributed by atoms with Gasteiger partial charge in [-0.15, -0.1) is 0 Å². The van der Waals surface area contributed by atoms with E-state index in [1.54, 1.807) is 14.2 Å². The van der Waals surface area contributed by atoms with Gasteiger partial charge in [0.2, 0.25) is 0 Å². The minimum atomic E-state index is -0.780. The lowest BCUT2D eigenvalue weighted by atomic mass is 9.99. The Hall–Kier alpha value is -1.98. The summed E-state index contributed by atoms with van der Waals surface area (Å²) in [5, 5.41) is 0. The third-order valence-corrected chi connectivity index (χ3v) is 3.95. The van der Waals surface area contributed by atoms with Gasteiger partial charge in [-0.05, 0) is 43.4 Å². The van der Waals surface area contributed by atoms with E-state index in [2.05, 4.69) is 0 Å². The van der Waals surface area contributed by atoms with E-state index < -0.39 is 6.09 Å². The molecule has 24 heavy (non-hydrogen) atoms. The summed E-state index contributed by atoms with van der Waals surface area (Å²) < 4.78 is 28.3. The molecule has 2 N–H and O–H groups in total. The number of halogens is 1. The lowest BCUT2D eigenvalue weighted by molar-refractivity contribution is 0.104. The number of alkyl halides is 1. The predicted molar refractivity (Wildman–Crippen MR) is 91.5 cm³/mol. The molecule has 1 rings (SSSR count). The van der Waals surface area contributed by atoms with E-state index in [9.17, 15) is 9.18 Å². The molecule has 0 aliphatic rings. The van der Waals surface area contributed by atoms with Gasteiger partial charge in [0.15, 0.2) is 0 Å². The van der Waals surface area contributed by atoms with Crippen LogP contribution in [0.15, 0.2) is 12.1 Å². The first-order valence-electron chi connectivity index (χ1n) is 8.31. The van der Waals surface area contributed by atoms with Crippen molar-refractivity contribution < 1.29 is 23.4 Å². The van der Waals surface area contributed by atoms with Crippen LogP contribution >= 0.6 is 0 Å². The molecule has 0 saturated carbocycles. The molecule has 0 bridgehead atoms. The Bertz CT molecular complexity index is 522. The fourth-order valence-electron chi connectivity index (χ4n) is 2.64. The Labute approximate surface area is 143 Å². The quantitative estimate of drug-likeness (QED) is 0.621. The largest absolute Gasteiger partial charge is 0.496 e. The van der Waals surface area contributed by atoms with Crippen molar-refractivity contribution in [3.8, 4) is 11.5 Å². The summed E-state index contributed by atoms with van der Waals surface area (Å²) in [7, 11) is 3.22. The van der Waals surface area contributed by atoms with Gasteiger partial charge in [-0.2, -0.15) is 0 Å². The fraction of sp³-hybridized carbons (Fsp3) is 0.611.